The standard InChI is InChI=1S/C13H14N4O2/c1-8-6-11(18)12(13(14)15)16-17(8)9-4-3-5-10(7-9)19-2/h3-7H,1-2H3,(H3,14,15). The quantitative estimate of drug-likeness (QED) is 0.630. The highest BCUT2D eigenvalue weighted by molar-refractivity contribution is 5.92. The minimum atomic E-state index is -0.357. The van der Waals surface area contributed by atoms with Gasteiger partial charge in [0.15, 0.2) is 5.69 Å². The maximum absolute atomic E-state index is 11.7. The first-order valence-electron chi connectivity index (χ1n) is 5.62. The molecule has 0 atom stereocenters. The molecule has 0 aliphatic rings. The molecule has 0 saturated carbocycles. The summed E-state index contributed by atoms with van der Waals surface area (Å²) in [4.78, 5) is 11.7. The normalized spacial score (nSPS) is 10.2. The molecular weight excluding hydrogens is 244 g/mol. The third-order valence-corrected chi connectivity index (χ3v) is 2.66. The van der Waals surface area contributed by atoms with Gasteiger partial charge in [-0.1, -0.05) is 6.07 Å². The number of aryl methyl sites for hydroxylation is 1. The molecule has 0 aliphatic heterocycles. The molecule has 0 aliphatic carbocycles. The van der Waals surface area contributed by atoms with Gasteiger partial charge < -0.3 is 10.5 Å². The number of amidine groups is 1. The third kappa shape index (κ3) is 2.47. The molecule has 6 nitrogen and oxygen atoms in total. The Morgan fingerprint density at radius 2 is 2.16 bits per heavy atom. The molecule has 0 spiro atoms. The van der Waals surface area contributed by atoms with Crippen molar-refractivity contribution in [3.8, 4) is 11.4 Å². The number of hydrogen-bond donors (Lipinski definition) is 2. The number of nitrogens with two attached hydrogens (primary N) is 1. The average Bonchev–Trinajstić information content (AvgIpc) is 2.38. The van der Waals surface area contributed by atoms with Crippen molar-refractivity contribution in [2.75, 3.05) is 7.11 Å². The number of ether oxygens (including phenoxy) is 1. The Balaban J connectivity index is 2.64. The molecule has 0 radical (unpaired) electrons. The molecule has 19 heavy (non-hydrogen) atoms. The number of rotatable bonds is 3. The highest BCUT2D eigenvalue weighted by Gasteiger charge is 2.10. The lowest BCUT2D eigenvalue weighted by Crippen LogP contribution is -2.27. The van der Waals surface area contributed by atoms with Crippen LogP contribution in [-0.4, -0.2) is 22.7 Å². The Morgan fingerprint density at radius 3 is 2.79 bits per heavy atom. The van der Waals surface area contributed by atoms with Crippen molar-refractivity contribution in [2.45, 2.75) is 6.92 Å². The third-order valence-electron chi connectivity index (χ3n) is 2.66. The first-order chi connectivity index (χ1) is 9.02. The van der Waals surface area contributed by atoms with Gasteiger partial charge in [0.2, 0.25) is 5.43 Å². The summed E-state index contributed by atoms with van der Waals surface area (Å²) in [7, 11) is 1.58. The molecule has 0 unspecified atom stereocenters. The molecule has 0 saturated heterocycles. The Kier molecular flexibility index (Phi) is 3.33. The number of methoxy groups -OCH3 is 1. The predicted molar refractivity (Wildman–Crippen MR) is 72.1 cm³/mol. The van der Waals surface area contributed by atoms with E-state index in [1.807, 2.05) is 18.2 Å². The molecule has 0 fully saturated rings. The van der Waals surface area contributed by atoms with Crippen LogP contribution in [0.2, 0.25) is 0 Å². The van der Waals surface area contributed by atoms with Crippen molar-refractivity contribution in [1.82, 2.24) is 9.78 Å². The summed E-state index contributed by atoms with van der Waals surface area (Å²) in [5.41, 5.74) is 6.32. The summed E-state index contributed by atoms with van der Waals surface area (Å²) < 4.78 is 6.70. The van der Waals surface area contributed by atoms with E-state index in [1.54, 1.807) is 24.8 Å². The zero-order valence-corrected chi connectivity index (χ0v) is 10.7. The summed E-state index contributed by atoms with van der Waals surface area (Å²) in [6, 6.07) is 8.66. The lowest BCUT2D eigenvalue weighted by molar-refractivity contribution is 0.414. The maximum Gasteiger partial charge on any atom is 0.211 e. The molecule has 1 heterocycles. The second kappa shape index (κ2) is 4.93. The molecule has 2 aromatic rings. The van der Waals surface area contributed by atoms with Gasteiger partial charge in [0.05, 0.1) is 12.8 Å². The zero-order chi connectivity index (χ0) is 14.0. The number of aromatic nitrogens is 2. The van der Waals surface area contributed by atoms with Crippen LogP contribution < -0.4 is 15.9 Å². The summed E-state index contributed by atoms with van der Waals surface area (Å²) in [6.45, 7) is 1.76. The van der Waals surface area contributed by atoms with Gasteiger partial charge >= 0.3 is 0 Å². The largest absolute Gasteiger partial charge is 0.497 e. The minimum absolute atomic E-state index is 0.0616. The summed E-state index contributed by atoms with van der Waals surface area (Å²) in [5, 5.41) is 11.5. The van der Waals surface area contributed by atoms with Crippen molar-refractivity contribution in [1.29, 1.82) is 5.41 Å². The molecular formula is C13H14N4O2. The predicted octanol–water partition coefficient (Wildman–Crippen LogP) is 0.834. The van der Waals surface area contributed by atoms with E-state index in [0.29, 0.717) is 11.4 Å². The number of nitrogens with zero attached hydrogens (tertiary/aromatic N) is 2. The van der Waals surface area contributed by atoms with E-state index in [1.165, 1.54) is 6.07 Å². The van der Waals surface area contributed by atoms with Gasteiger partial charge in [-0.25, -0.2) is 4.68 Å². The second-order valence-corrected chi connectivity index (χ2v) is 4.03. The number of benzene rings is 1. The van der Waals surface area contributed by atoms with Gasteiger partial charge in [-0.3, -0.25) is 10.2 Å². The van der Waals surface area contributed by atoms with E-state index in [-0.39, 0.29) is 17.0 Å². The van der Waals surface area contributed by atoms with Crippen molar-refractivity contribution >= 4 is 5.84 Å². The second-order valence-electron chi connectivity index (χ2n) is 4.03. The summed E-state index contributed by atoms with van der Waals surface area (Å²) in [5.74, 6) is 0.337. The van der Waals surface area contributed by atoms with Gasteiger partial charge in [0.25, 0.3) is 0 Å². The molecule has 3 N–H and O–H groups in total. The topological polar surface area (TPSA) is 94.0 Å². The zero-order valence-electron chi connectivity index (χ0n) is 10.7. The number of nitrogen functional groups attached to an aromatic ring is 1. The summed E-state index contributed by atoms with van der Waals surface area (Å²) >= 11 is 0. The van der Waals surface area contributed by atoms with E-state index in [2.05, 4.69) is 5.10 Å². The van der Waals surface area contributed by atoms with Crippen molar-refractivity contribution < 1.29 is 4.74 Å². The van der Waals surface area contributed by atoms with Crippen LogP contribution in [0, 0.1) is 12.3 Å². The first kappa shape index (κ1) is 12.8. The molecule has 1 aromatic heterocycles. The summed E-state index contributed by atoms with van der Waals surface area (Å²) in [6.07, 6.45) is 0. The first-order valence-corrected chi connectivity index (χ1v) is 5.62. The average molecular weight is 258 g/mol. The van der Waals surface area contributed by atoms with Crippen LogP contribution >= 0.6 is 0 Å². The van der Waals surface area contributed by atoms with Gasteiger partial charge in [-0.2, -0.15) is 5.10 Å². The lowest BCUT2D eigenvalue weighted by atomic mass is 10.2. The Hall–Kier alpha value is -2.63. The fourth-order valence-corrected chi connectivity index (χ4v) is 1.74. The van der Waals surface area contributed by atoms with E-state index in [4.69, 9.17) is 15.9 Å². The molecule has 1 aromatic carbocycles. The molecule has 6 heteroatoms. The molecule has 0 bridgehead atoms. The van der Waals surface area contributed by atoms with E-state index in [9.17, 15) is 4.79 Å². The fraction of sp³-hybridized carbons (Fsp3) is 0.154. The molecule has 0 amide bonds. The number of hydrogen-bond acceptors (Lipinski definition) is 4. The Labute approximate surface area is 110 Å². The number of nitrogens with one attached hydrogen (secondary N) is 1. The Bertz CT molecular complexity index is 691. The highest BCUT2D eigenvalue weighted by Crippen LogP contribution is 2.16. The van der Waals surface area contributed by atoms with Gasteiger partial charge in [-0.15, -0.1) is 0 Å². The smallest absolute Gasteiger partial charge is 0.211 e. The van der Waals surface area contributed by atoms with Gasteiger partial charge in [0, 0.05) is 17.8 Å². The lowest BCUT2D eigenvalue weighted by Gasteiger charge is -2.11. The van der Waals surface area contributed by atoms with Crippen LogP contribution in [0.3, 0.4) is 0 Å². The van der Waals surface area contributed by atoms with Crippen LogP contribution in [0.1, 0.15) is 11.4 Å². The van der Waals surface area contributed by atoms with Crippen LogP contribution in [0.5, 0.6) is 5.75 Å². The van der Waals surface area contributed by atoms with Crippen LogP contribution in [0.25, 0.3) is 5.69 Å². The van der Waals surface area contributed by atoms with Crippen LogP contribution in [0.15, 0.2) is 35.1 Å². The van der Waals surface area contributed by atoms with Crippen molar-refractivity contribution in [3.05, 3.63) is 51.9 Å². The van der Waals surface area contributed by atoms with E-state index < -0.39 is 0 Å². The van der Waals surface area contributed by atoms with Crippen LogP contribution in [-0.2, 0) is 0 Å². The molecule has 2 rings (SSSR count). The monoisotopic (exact) mass is 258 g/mol. The minimum Gasteiger partial charge on any atom is -0.497 e. The van der Waals surface area contributed by atoms with Crippen molar-refractivity contribution in [3.63, 3.8) is 0 Å². The molecule has 98 valence electrons. The van der Waals surface area contributed by atoms with E-state index in [0.717, 1.165) is 5.69 Å². The highest BCUT2D eigenvalue weighted by atomic mass is 16.5. The fourth-order valence-electron chi connectivity index (χ4n) is 1.74. The maximum atomic E-state index is 11.7. The van der Waals surface area contributed by atoms with E-state index >= 15 is 0 Å². The van der Waals surface area contributed by atoms with Gasteiger partial charge in [-0.05, 0) is 19.1 Å². The Morgan fingerprint density at radius 1 is 1.42 bits per heavy atom. The SMILES string of the molecule is COc1cccc(-n2nc(C(=N)N)c(=O)cc2C)c1. The van der Waals surface area contributed by atoms with Crippen molar-refractivity contribution in [2.24, 2.45) is 5.73 Å². The van der Waals surface area contributed by atoms with Gasteiger partial charge in [0.1, 0.15) is 11.6 Å². The van der Waals surface area contributed by atoms with Crippen LogP contribution in [0.4, 0.5) is 0 Å².